The van der Waals surface area contributed by atoms with Gasteiger partial charge in [0.1, 0.15) is 0 Å². The molecule has 1 heterocycles. The normalized spacial score (nSPS) is 29.6. The summed E-state index contributed by atoms with van der Waals surface area (Å²) >= 11 is 0. The van der Waals surface area contributed by atoms with Gasteiger partial charge >= 0.3 is 0 Å². The SMILES string of the molecule is C#CCC(CC)N1CC(C(C)CC)NCC1C. The average Bonchev–Trinajstić information content (AvgIpc) is 2.36. The van der Waals surface area contributed by atoms with E-state index in [9.17, 15) is 0 Å². The van der Waals surface area contributed by atoms with Crippen molar-refractivity contribution in [1.82, 2.24) is 10.2 Å². The van der Waals surface area contributed by atoms with Gasteiger partial charge in [-0.3, -0.25) is 4.90 Å². The summed E-state index contributed by atoms with van der Waals surface area (Å²) in [6.45, 7) is 11.4. The van der Waals surface area contributed by atoms with Gasteiger partial charge in [-0.1, -0.05) is 27.2 Å². The van der Waals surface area contributed by atoms with Crippen molar-refractivity contribution in [1.29, 1.82) is 0 Å². The first kappa shape index (κ1) is 14.5. The van der Waals surface area contributed by atoms with E-state index in [1.807, 2.05) is 0 Å². The lowest BCUT2D eigenvalue weighted by atomic mass is 9.94. The van der Waals surface area contributed by atoms with E-state index in [2.05, 4.69) is 43.8 Å². The molecular weight excluding hydrogens is 208 g/mol. The molecule has 0 aromatic heterocycles. The Morgan fingerprint density at radius 2 is 2.12 bits per heavy atom. The molecule has 4 unspecified atom stereocenters. The van der Waals surface area contributed by atoms with Crippen LogP contribution >= 0.6 is 0 Å². The monoisotopic (exact) mass is 236 g/mol. The van der Waals surface area contributed by atoms with Crippen molar-refractivity contribution < 1.29 is 0 Å². The van der Waals surface area contributed by atoms with Gasteiger partial charge in [-0.2, -0.15) is 0 Å². The fourth-order valence-corrected chi connectivity index (χ4v) is 2.72. The van der Waals surface area contributed by atoms with Gasteiger partial charge in [0.15, 0.2) is 0 Å². The zero-order chi connectivity index (χ0) is 12.8. The van der Waals surface area contributed by atoms with Gasteiger partial charge in [0.2, 0.25) is 0 Å². The van der Waals surface area contributed by atoms with Crippen molar-refractivity contribution in [3.05, 3.63) is 0 Å². The second kappa shape index (κ2) is 7.03. The van der Waals surface area contributed by atoms with Crippen molar-refractivity contribution in [2.75, 3.05) is 13.1 Å². The molecule has 0 saturated carbocycles. The van der Waals surface area contributed by atoms with E-state index in [1.165, 1.54) is 6.42 Å². The molecular formula is C15H28N2. The van der Waals surface area contributed by atoms with Gasteiger partial charge in [0, 0.05) is 37.6 Å². The molecule has 0 spiro atoms. The zero-order valence-corrected chi connectivity index (χ0v) is 11.9. The van der Waals surface area contributed by atoms with Crippen LogP contribution in [-0.4, -0.2) is 36.1 Å². The fraction of sp³-hybridized carbons (Fsp3) is 0.867. The second-order valence-corrected chi connectivity index (χ2v) is 5.42. The van der Waals surface area contributed by atoms with E-state index in [0.717, 1.165) is 31.8 Å². The molecule has 2 heteroatoms. The Bertz CT molecular complexity index is 256. The van der Waals surface area contributed by atoms with Gasteiger partial charge in [0.25, 0.3) is 0 Å². The lowest BCUT2D eigenvalue weighted by Crippen LogP contribution is -2.60. The third-order valence-electron chi connectivity index (χ3n) is 4.27. The first-order chi connectivity index (χ1) is 8.13. The Labute approximate surface area is 107 Å². The average molecular weight is 236 g/mol. The highest BCUT2D eigenvalue weighted by atomic mass is 15.2. The Hall–Kier alpha value is -0.520. The summed E-state index contributed by atoms with van der Waals surface area (Å²) in [5.41, 5.74) is 0. The summed E-state index contributed by atoms with van der Waals surface area (Å²) in [7, 11) is 0. The third-order valence-corrected chi connectivity index (χ3v) is 4.27. The Morgan fingerprint density at radius 3 is 2.65 bits per heavy atom. The third kappa shape index (κ3) is 3.72. The lowest BCUT2D eigenvalue weighted by molar-refractivity contribution is 0.0747. The van der Waals surface area contributed by atoms with Crippen molar-refractivity contribution >= 4 is 0 Å². The molecule has 1 saturated heterocycles. The number of hydrogen-bond acceptors (Lipinski definition) is 2. The maximum Gasteiger partial charge on any atom is 0.0242 e. The van der Waals surface area contributed by atoms with Crippen molar-refractivity contribution in [2.24, 2.45) is 5.92 Å². The van der Waals surface area contributed by atoms with E-state index in [4.69, 9.17) is 6.42 Å². The maximum atomic E-state index is 5.49. The van der Waals surface area contributed by atoms with Crippen molar-refractivity contribution in [3.63, 3.8) is 0 Å². The largest absolute Gasteiger partial charge is 0.311 e. The minimum Gasteiger partial charge on any atom is -0.311 e. The summed E-state index contributed by atoms with van der Waals surface area (Å²) in [6, 6.07) is 1.79. The standard InChI is InChI=1S/C15H28N2/c1-6-9-14(8-3)17-11-15(12(4)7-2)16-10-13(17)5/h1,12-16H,7-11H2,2-5H3. The molecule has 0 aromatic carbocycles. The molecule has 4 atom stereocenters. The highest BCUT2D eigenvalue weighted by Gasteiger charge is 2.31. The Morgan fingerprint density at radius 1 is 1.41 bits per heavy atom. The number of nitrogens with zero attached hydrogens (tertiary/aromatic N) is 1. The molecule has 1 fully saturated rings. The molecule has 1 rings (SSSR count). The van der Waals surface area contributed by atoms with Crippen LogP contribution in [0.15, 0.2) is 0 Å². The molecule has 1 aliphatic rings. The highest BCUT2D eigenvalue weighted by molar-refractivity contribution is 4.95. The Balaban J connectivity index is 2.65. The molecule has 1 N–H and O–H groups in total. The fourth-order valence-electron chi connectivity index (χ4n) is 2.72. The minimum absolute atomic E-state index is 0.559. The molecule has 17 heavy (non-hydrogen) atoms. The molecule has 0 aliphatic carbocycles. The van der Waals surface area contributed by atoms with E-state index in [0.29, 0.717) is 18.1 Å². The molecule has 2 nitrogen and oxygen atoms in total. The first-order valence-corrected chi connectivity index (χ1v) is 7.06. The number of hydrogen-bond donors (Lipinski definition) is 1. The summed E-state index contributed by atoms with van der Waals surface area (Å²) in [6.07, 6.45) is 8.76. The first-order valence-electron chi connectivity index (χ1n) is 7.06. The molecule has 0 radical (unpaired) electrons. The predicted molar refractivity (Wildman–Crippen MR) is 74.9 cm³/mol. The van der Waals surface area contributed by atoms with E-state index in [-0.39, 0.29) is 0 Å². The van der Waals surface area contributed by atoms with Crippen LogP contribution in [0.2, 0.25) is 0 Å². The van der Waals surface area contributed by atoms with Gasteiger partial charge in [-0.15, -0.1) is 12.3 Å². The van der Waals surface area contributed by atoms with E-state index >= 15 is 0 Å². The quantitative estimate of drug-likeness (QED) is 0.738. The summed E-state index contributed by atoms with van der Waals surface area (Å²) < 4.78 is 0. The zero-order valence-electron chi connectivity index (χ0n) is 11.9. The van der Waals surface area contributed by atoms with E-state index < -0.39 is 0 Å². The maximum absolute atomic E-state index is 5.49. The summed E-state index contributed by atoms with van der Waals surface area (Å²) in [5, 5.41) is 3.68. The van der Waals surface area contributed by atoms with E-state index in [1.54, 1.807) is 0 Å². The number of terminal acetylenes is 1. The smallest absolute Gasteiger partial charge is 0.0242 e. The van der Waals surface area contributed by atoms with Crippen LogP contribution in [0.5, 0.6) is 0 Å². The van der Waals surface area contributed by atoms with Crippen LogP contribution in [0, 0.1) is 18.3 Å². The van der Waals surface area contributed by atoms with Gasteiger partial charge in [-0.05, 0) is 19.3 Å². The van der Waals surface area contributed by atoms with Crippen LogP contribution in [0.4, 0.5) is 0 Å². The van der Waals surface area contributed by atoms with Crippen LogP contribution in [0.3, 0.4) is 0 Å². The molecule has 0 aromatic rings. The highest BCUT2D eigenvalue weighted by Crippen LogP contribution is 2.20. The second-order valence-electron chi connectivity index (χ2n) is 5.42. The van der Waals surface area contributed by atoms with Crippen LogP contribution < -0.4 is 5.32 Å². The van der Waals surface area contributed by atoms with Crippen molar-refractivity contribution in [3.8, 4) is 12.3 Å². The predicted octanol–water partition coefficient (Wildman–Crippen LogP) is 2.50. The number of piperazine rings is 1. The molecule has 0 bridgehead atoms. The summed E-state index contributed by atoms with van der Waals surface area (Å²) in [4.78, 5) is 2.62. The minimum atomic E-state index is 0.559. The van der Waals surface area contributed by atoms with Crippen LogP contribution in [-0.2, 0) is 0 Å². The molecule has 98 valence electrons. The topological polar surface area (TPSA) is 15.3 Å². The molecule has 1 aliphatic heterocycles. The molecule has 0 amide bonds. The lowest BCUT2D eigenvalue weighted by Gasteiger charge is -2.44. The van der Waals surface area contributed by atoms with Gasteiger partial charge < -0.3 is 5.32 Å². The van der Waals surface area contributed by atoms with Gasteiger partial charge in [-0.25, -0.2) is 0 Å². The van der Waals surface area contributed by atoms with Crippen LogP contribution in [0.25, 0.3) is 0 Å². The van der Waals surface area contributed by atoms with Crippen LogP contribution in [0.1, 0.15) is 47.0 Å². The van der Waals surface area contributed by atoms with Gasteiger partial charge in [0.05, 0.1) is 0 Å². The number of rotatable bonds is 5. The Kier molecular flexibility index (Phi) is 6.02. The van der Waals surface area contributed by atoms with Crippen molar-refractivity contribution in [2.45, 2.75) is 65.1 Å². The number of nitrogens with one attached hydrogen (secondary N) is 1. The summed E-state index contributed by atoms with van der Waals surface area (Å²) in [5.74, 6) is 3.58.